The number of carbonyl (C=O) groups is 1. The largest absolute Gasteiger partial charge is 0.299 e. The molecule has 0 aliphatic carbocycles. The summed E-state index contributed by atoms with van der Waals surface area (Å²) in [5, 5.41) is 0. The Hall–Kier alpha value is -1.11. The maximum Gasteiger partial charge on any atom is 0.135 e. The van der Waals surface area contributed by atoms with Crippen LogP contribution in [0.1, 0.15) is 44.7 Å². The van der Waals surface area contributed by atoms with Gasteiger partial charge in [0.2, 0.25) is 0 Å². The van der Waals surface area contributed by atoms with Crippen LogP contribution in [0.25, 0.3) is 0 Å². The Morgan fingerprint density at radius 1 is 1.12 bits per heavy atom. The molecule has 0 atom stereocenters. The standard InChI is InChI=1S/C15H22O/c1-4-13-8-10-14(11-9-13)6-5-7-15(16)12(2)3/h8-12H,4-7H2,1-3H3. The second-order valence-electron chi connectivity index (χ2n) is 4.64. The molecule has 0 N–H and O–H groups in total. The van der Waals surface area contributed by atoms with Crippen molar-refractivity contribution in [1.82, 2.24) is 0 Å². The van der Waals surface area contributed by atoms with E-state index in [1.54, 1.807) is 0 Å². The van der Waals surface area contributed by atoms with Gasteiger partial charge in [0.25, 0.3) is 0 Å². The molecule has 0 aliphatic rings. The zero-order chi connectivity index (χ0) is 12.0. The minimum Gasteiger partial charge on any atom is -0.299 e. The van der Waals surface area contributed by atoms with Crippen molar-refractivity contribution in [3.63, 3.8) is 0 Å². The van der Waals surface area contributed by atoms with Crippen LogP contribution >= 0.6 is 0 Å². The molecule has 0 fully saturated rings. The molecule has 0 radical (unpaired) electrons. The van der Waals surface area contributed by atoms with Gasteiger partial charge in [0, 0.05) is 12.3 Å². The molecular weight excluding hydrogens is 196 g/mol. The van der Waals surface area contributed by atoms with Crippen LogP contribution in [0.4, 0.5) is 0 Å². The lowest BCUT2D eigenvalue weighted by atomic mass is 10.0. The van der Waals surface area contributed by atoms with E-state index in [9.17, 15) is 4.79 Å². The summed E-state index contributed by atoms with van der Waals surface area (Å²) in [6, 6.07) is 8.72. The Morgan fingerprint density at radius 3 is 2.19 bits per heavy atom. The second kappa shape index (κ2) is 6.47. The third-order valence-electron chi connectivity index (χ3n) is 2.96. The lowest BCUT2D eigenvalue weighted by Crippen LogP contribution is -2.06. The van der Waals surface area contributed by atoms with Crippen molar-refractivity contribution in [3.8, 4) is 0 Å². The van der Waals surface area contributed by atoms with E-state index in [-0.39, 0.29) is 5.92 Å². The Bertz CT molecular complexity index is 322. The van der Waals surface area contributed by atoms with Crippen LogP contribution in [0.2, 0.25) is 0 Å². The number of rotatable bonds is 6. The zero-order valence-corrected chi connectivity index (χ0v) is 10.6. The SMILES string of the molecule is CCc1ccc(CCCC(=O)C(C)C)cc1. The van der Waals surface area contributed by atoms with Gasteiger partial charge in [-0.3, -0.25) is 4.79 Å². The predicted molar refractivity (Wildman–Crippen MR) is 68.6 cm³/mol. The summed E-state index contributed by atoms with van der Waals surface area (Å²) in [5.41, 5.74) is 2.72. The van der Waals surface area contributed by atoms with Crippen molar-refractivity contribution in [2.45, 2.75) is 46.5 Å². The van der Waals surface area contributed by atoms with Crippen LogP contribution in [-0.4, -0.2) is 5.78 Å². The molecule has 1 nitrogen and oxygen atoms in total. The molecule has 0 bridgehead atoms. The van der Waals surface area contributed by atoms with Crippen molar-refractivity contribution >= 4 is 5.78 Å². The summed E-state index contributed by atoms with van der Waals surface area (Å²) < 4.78 is 0. The van der Waals surface area contributed by atoms with Gasteiger partial charge >= 0.3 is 0 Å². The summed E-state index contributed by atoms with van der Waals surface area (Å²) >= 11 is 0. The number of hydrogen-bond acceptors (Lipinski definition) is 1. The fourth-order valence-corrected chi connectivity index (χ4v) is 1.70. The molecule has 0 saturated heterocycles. The Morgan fingerprint density at radius 2 is 1.69 bits per heavy atom. The van der Waals surface area contributed by atoms with Crippen molar-refractivity contribution in [2.75, 3.05) is 0 Å². The Labute approximate surface area is 98.9 Å². The number of aryl methyl sites for hydroxylation is 2. The van der Waals surface area contributed by atoms with E-state index in [0.717, 1.165) is 19.3 Å². The molecular formula is C15H22O. The first kappa shape index (κ1) is 13.0. The summed E-state index contributed by atoms with van der Waals surface area (Å²) in [6.45, 7) is 6.10. The molecule has 1 rings (SSSR count). The number of benzene rings is 1. The molecule has 0 unspecified atom stereocenters. The number of carbonyl (C=O) groups excluding carboxylic acids is 1. The normalized spacial score (nSPS) is 10.8. The number of ketones is 1. The predicted octanol–water partition coefficient (Wildman–Crippen LogP) is 3.80. The van der Waals surface area contributed by atoms with Crippen molar-refractivity contribution in [3.05, 3.63) is 35.4 Å². The summed E-state index contributed by atoms with van der Waals surface area (Å²) in [5.74, 6) is 0.563. The Balaban J connectivity index is 2.34. The van der Waals surface area contributed by atoms with E-state index in [4.69, 9.17) is 0 Å². The first-order valence-corrected chi connectivity index (χ1v) is 6.24. The van der Waals surface area contributed by atoms with Crippen LogP contribution < -0.4 is 0 Å². The van der Waals surface area contributed by atoms with Crippen molar-refractivity contribution in [2.24, 2.45) is 5.92 Å². The van der Waals surface area contributed by atoms with Crippen molar-refractivity contribution < 1.29 is 4.79 Å². The highest BCUT2D eigenvalue weighted by atomic mass is 16.1. The molecule has 1 aromatic carbocycles. The van der Waals surface area contributed by atoms with Crippen LogP contribution in [0.3, 0.4) is 0 Å². The van der Waals surface area contributed by atoms with Crippen LogP contribution in [-0.2, 0) is 17.6 Å². The van der Waals surface area contributed by atoms with Gasteiger partial charge in [0.15, 0.2) is 0 Å². The van der Waals surface area contributed by atoms with Gasteiger partial charge < -0.3 is 0 Å². The molecule has 88 valence electrons. The summed E-state index contributed by atoms with van der Waals surface area (Å²) in [6.07, 6.45) is 3.80. The molecule has 1 heteroatoms. The Kier molecular flexibility index (Phi) is 5.24. The van der Waals surface area contributed by atoms with Gasteiger partial charge in [-0.25, -0.2) is 0 Å². The lowest BCUT2D eigenvalue weighted by molar-refractivity contribution is -0.121. The molecule has 0 aliphatic heterocycles. The highest BCUT2D eigenvalue weighted by Gasteiger charge is 2.06. The molecule has 0 spiro atoms. The molecule has 1 aromatic rings. The van der Waals surface area contributed by atoms with Gasteiger partial charge in [-0.1, -0.05) is 45.0 Å². The topological polar surface area (TPSA) is 17.1 Å². The number of hydrogen-bond donors (Lipinski definition) is 0. The third kappa shape index (κ3) is 4.18. The maximum absolute atomic E-state index is 11.4. The molecule has 0 heterocycles. The highest BCUT2D eigenvalue weighted by molar-refractivity contribution is 5.80. The zero-order valence-electron chi connectivity index (χ0n) is 10.6. The first-order chi connectivity index (χ1) is 7.63. The smallest absolute Gasteiger partial charge is 0.135 e. The fourth-order valence-electron chi connectivity index (χ4n) is 1.70. The van der Waals surface area contributed by atoms with E-state index >= 15 is 0 Å². The summed E-state index contributed by atoms with van der Waals surface area (Å²) in [7, 11) is 0. The maximum atomic E-state index is 11.4. The number of Topliss-reactive ketones (excluding diaryl/α,β-unsaturated/α-hetero) is 1. The van der Waals surface area contributed by atoms with Crippen LogP contribution in [0.5, 0.6) is 0 Å². The lowest BCUT2D eigenvalue weighted by Gasteiger charge is -2.04. The van der Waals surface area contributed by atoms with E-state index in [2.05, 4.69) is 31.2 Å². The quantitative estimate of drug-likeness (QED) is 0.710. The van der Waals surface area contributed by atoms with Crippen molar-refractivity contribution in [1.29, 1.82) is 0 Å². The molecule has 0 aromatic heterocycles. The molecule has 16 heavy (non-hydrogen) atoms. The van der Waals surface area contributed by atoms with Gasteiger partial charge in [-0.05, 0) is 30.4 Å². The van der Waals surface area contributed by atoms with Gasteiger partial charge in [0.1, 0.15) is 5.78 Å². The average molecular weight is 218 g/mol. The van der Waals surface area contributed by atoms with E-state index < -0.39 is 0 Å². The minimum atomic E-state index is 0.183. The minimum absolute atomic E-state index is 0.183. The van der Waals surface area contributed by atoms with Crippen LogP contribution in [0, 0.1) is 5.92 Å². The van der Waals surface area contributed by atoms with E-state index in [1.807, 2.05) is 13.8 Å². The third-order valence-corrected chi connectivity index (χ3v) is 2.96. The average Bonchev–Trinajstić information content (AvgIpc) is 2.29. The summed E-state index contributed by atoms with van der Waals surface area (Å²) in [4.78, 5) is 11.4. The van der Waals surface area contributed by atoms with Crippen LogP contribution in [0.15, 0.2) is 24.3 Å². The molecule has 0 saturated carbocycles. The second-order valence-corrected chi connectivity index (χ2v) is 4.64. The van der Waals surface area contributed by atoms with Gasteiger partial charge in [-0.15, -0.1) is 0 Å². The highest BCUT2D eigenvalue weighted by Crippen LogP contribution is 2.10. The first-order valence-electron chi connectivity index (χ1n) is 6.24. The monoisotopic (exact) mass is 218 g/mol. The van der Waals surface area contributed by atoms with E-state index in [1.165, 1.54) is 11.1 Å². The fraction of sp³-hybridized carbons (Fsp3) is 0.533. The van der Waals surface area contributed by atoms with Gasteiger partial charge in [-0.2, -0.15) is 0 Å². The van der Waals surface area contributed by atoms with E-state index in [0.29, 0.717) is 12.2 Å². The van der Waals surface area contributed by atoms with Gasteiger partial charge in [0.05, 0.1) is 0 Å². The molecule has 0 amide bonds.